The van der Waals surface area contributed by atoms with E-state index in [1.807, 2.05) is 18.2 Å². The molecule has 0 N–H and O–H groups in total. The van der Waals surface area contributed by atoms with E-state index in [0.717, 1.165) is 37.1 Å². The minimum atomic E-state index is 0. The number of carbonyl (C=O) groups excluding carboxylic acids is 1. The van der Waals surface area contributed by atoms with E-state index in [2.05, 4.69) is 77.3 Å². The van der Waals surface area contributed by atoms with Gasteiger partial charge >= 0.3 is 0 Å². The number of fused-ring (bicyclic) bond motifs is 2. The largest absolute Gasteiger partial charge is 0.337 e. The van der Waals surface area contributed by atoms with Crippen molar-refractivity contribution < 1.29 is 4.79 Å². The van der Waals surface area contributed by atoms with E-state index in [9.17, 15) is 4.79 Å². The minimum Gasteiger partial charge on any atom is -0.337 e. The van der Waals surface area contributed by atoms with Gasteiger partial charge in [-0.15, -0.1) is 12.4 Å². The molecule has 0 saturated carbocycles. The SMILES string of the molecule is CN(C)CCN(CC1CCCN(C2Cc3ccccc3C2)C1)C(=O)c1ccc2ccccc2c1.Cl. The molecule has 3 aromatic rings. The van der Waals surface area contributed by atoms with Crippen molar-refractivity contribution in [2.75, 3.05) is 46.8 Å². The lowest BCUT2D eigenvalue weighted by molar-refractivity contribution is 0.0630. The number of benzene rings is 3. The standard InChI is InChI=1S/C30H37N3O.ClH/c1-31(2)16-17-33(30(34)28-14-13-24-9-3-4-10-25(24)18-28)22-23-8-7-15-32(21-23)29-19-26-11-5-6-12-27(26)20-29;/h3-6,9-14,18,23,29H,7-8,15-17,19-22H2,1-2H3;1H. The number of hydrogen-bond donors (Lipinski definition) is 0. The van der Waals surface area contributed by atoms with Crippen molar-refractivity contribution in [3.05, 3.63) is 83.4 Å². The number of piperidine rings is 1. The molecule has 1 fully saturated rings. The molecule has 35 heavy (non-hydrogen) atoms. The van der Waals surface area contributed by atoms with Crippen LogP contribution in [0.25, 0.3) is 10.8 Å². The topological polar surface area (TPSA) is 26.8 Å². The van der Waals surface area contributed by atoms with Gasteiger partial charge in [-0.25, -0.2) is 0 Å². The van der Waals surface area contributed by atoms with Gasteiger partial charge < -0.3 is 9.80 Å². The molecule has 0 aromatic heterocycles. The van der Waals surface area contributed by atoms with E-state index in [1.54, 1.807) is 0 Å². The van der Waals surface area contributed by atoms with Crippen LogP contribution in [-0.4, -0.2) is 73.5 Å². The molecule has 1 saturated heterocycles. The molecule has 1 amide bonds. The van der Waals surface area contributed by atoms with Gasteiger partial charge in [0.05, 0.1) is 0 Å². The highest BCUT2D eigenvalue weighted by atomic mass is 35.5. The van der Waals surface area contributed by atoms with Gasteiger partial charge in [0.25, 0.3) is 5.91 Å². The predicted molar refractivity (Wildman–Crippen MR) is 148 cm³/mol. The van der Waals surface area contributed by atoms with Crippen LogP contribution < -0.4 is 0 Å². The molecular weight excluding hydrogens is 454 g/mol. The fourth-order valence-electron chi connectivity index (χ4n) is 5.78. The highest BCUT2D eigenvalue weighted by Crippen LogP contribution is 2.29. The Kier molecular flexibility index (Phi) is 8.48. The molecule has 0 bridgehead atoms. The van der Waals surface area contributed by atoms with Crippen LogP contribution >= 0.6 is 12.4 Å². The van der Waals surface area contributed by atoms with Crippen LogP contribution in [0.2, 0.25) is 0 Å². The fraction of sp³-hybridized carbons (Fsp3) is 0.433. The third kappa shape index (κ3) is 6.06. The first-order valence-corrected chi connectivity index (χ1v) is 12.8. The lowest BCUT2D eigenvalue weighted by Crippen LogP contribution is -2.48. The molecule has 1 heterocycles. The molecule has 4 nitrogen and oxygen atoms in total. The summed E-state index contributed by atoms with van der Waals surface area (Å²) in [7, 11) is 4.16. The minimum absolute atomic E-state index is 0. The van der Waals surface area contributed by atoms with Crippen LogP contribution in [0.15, 0.2) is 66.7 Å². The molecule has 1 aliphatic heterocycles. The Labute approximate surface area is 216 Å². The van der Waals surface area contributed by atoms with Crippen LogP contribution in [-0.2, 0) is 12.8 Å². The number of halogens is 1. The molecule has 1 unspecified atom stereocenters. The molecule has 0 spiro atoms. The number of rotatable bonds is 7. The maximum atomic E-state index is 13.7. The molecular formula is C30H38ClN3O. The van der Waals surface area contributed by atoms with E-state index >= 15 is 0 Å². The van der Waals surface area contributed by atoms with E-state index in [4.69, 9.17) is 0 Å². The molecule has 1 aliphatic carbocycles. The molecule has 3 aromatic carbocycles. The first-order valence-electron chi connectivity index (χ1n) is 12.8. The van der Waals surface area contributed by atoms with Crippen LogP contribution in [0.3, 0.4) is 0 Å². The van der Waals surface area contributed by atoms with Crippen molar-refractivity contribution in [2.45, 2.75) is 31.7 Å². The van der Waals surface area contributed by atoms with Gasteiger partial charge in [0, 0.05) is 37.8 Å². The molecule has 5 heteroatoms. The molecule has 5 rings (SSSR count). The monoisotopic (exact) mass is 491 g/mol. The summed E-state index contributed by atoms with van der Waals surface area (Å²) in [6.45, 7) is 4.78. The molecule has 1 atom stereocenters. The van der Waals surface area contributed by atoms with E-state index in [-0.39, 0.29) is 18.3 Å². The van der Waals surface area contributed by atoms with Crippen molar-refractivity contribution >= 4 is 29.1 Å². The zero-order valence-electron chi connectivity index (χ0n) is 21.0. The second kappa shape index (κ2) is 11.6. The maximum absolute atomic E-state index is 13.7. The van der Waals surface area contributed by atoms with Crippen molar-refractivity contribution in [3.8, 4) is 0 Å². The third-order valence-electron chi connectivity index (χ3n) is 7.68. The van der Waals surface area contributed by atoms with Crippen molar-refractivity contribution in [1.29, 1.82) is 0 Å². The number of nitrogens with zero attached hydrogens (tertiary/aromatic N) is 3. The zero-order valence-corrected chi connectivity index (χ0v) is 21.8. The van der Waals surface area contributed by atoms with Gasteiger partial charge in [-0.2, -0.15) is 0 Å². The van der Waals surface area contributed by atoms with Crippen LogP contribution in [0.4, 0.5) is 0 Å². The summed E-state index contributed by atoms with van der Waals surface area (Å²) >= 11 is 0. The fourth-order valence-corrected chi connectivity index (χ4v) is 5.78. The number of carbonyl (C=O) groups is 1. The second-order valence-corrected chi connectivity index (χ2v) is 10.5. The van der Waals surface area contributed by atoms with Gasteiger partial charge in [0.2, 0.25) is 0 Å². The Morgan fingerprint density at radius 2 is 1.60 bits per heavy atom. The summed E-state index contributed by atoms with van der Waals surface area (Å²) in [5, 5.41) is 2.31. The van der Waals surface area contributed by atoms with Gasteiger partial charge in [0.15, 0.2) is 0 Å². The van der Waals surface area contributed by atoms with Crippen LogP contribution in [0.1, 0.15) is 34.3 Å². The van der Waals surface area contributed by atoms with Crippen LogP contribution in [0, 0.1) is 5.92 Å². The summed E-state index contributed by atoms with van der Waals surface area (Å²) in [6, 6.07) is 24.0. The predicted octanol–water partition coefficient (Wildman–Crippen LogP) is 5.14. The average Bonchev–Trinajstić information content (AvgIpc) is 3.30. The summed E-state index contributed by atoms with van der Waals surface area (Å²) in [4.78, 5) is 20.6. The zero-order chi connectivity index (χ0) is 23.5. The van der Waals surface area contributed by atoms with Crippen molar-refractivity contribution in [2.24, 2.45) is 5.92 Å². The van der Waals surface area contributed by atoms with Crippen molar-refractivity contribution in [3.63, 3.8) is 0 Å². The Bertz CT molecular complexity index is 1120. The van der Waals surface area contributed by atoms with Gasteiger partial charge in [-0.05, 0) is 86.3 Å². The normalized spacial score (nSPS) is 18.4. The number of hydrogen-bond acceptors (Lipinski definition) is 3. The van der Waals surface area contributed by atoms with Gasteiger partial charge in [0.1, 0.15) is 0 Å². The van der Waals surface area contributed by atoms with Gasteiger partial charge in [-0.1, -0.05) is 54.6 Å². The quantitative estimate of drug-likeness (QED) is 0.457. The average molecular weight is 492 g/mol. The van der Waals surface area contributed by atoms with Gasteiger partial charge in [-0.3, -0.25) is 9.69 Å². The highest BCUT2D eigenvalue weighted by Gasteiger charge is 2.31. The lowest BCUT2D eigenvalue weighted by Gasteiger charge is -2.39. The number of amides is 1. The molecule has 186 valence electrons. The summed E-state index contributed by atoms with van der Waals surface area (Å²) in [5.41, 5.74) is 3.85. The number of likely N-dealkylation sites (N-methyl/N-ethyl adjacent to an activating group) is 1. The van der Waals surface area contributed by atoms with Crippen LogP contribution in [0.5, 0.6) is 0 Å². The Hall–Kier alpha value is -2.40. The maximum Gasteiger partial charge on any atom is 0.253 e. The third-order valence-corrected chi connectivity index (χ3v) is 7.68. The number of likely N-dealkylation sites (tertiary alicyclic amines) is 1. The molecule has 2 aliphatic rings. The Morgan fingerprint density at radius 1 is 0.914 bits per heavy atom. The first kappa shape index (κ1) is 25.7. The summed E-state index contributed by atoms with van der Waals surface area (Å²) in [5.74, 6) is 0.696. The van der Waals surface area contributed by atoms with E-state index in [1.165, 1.54) is 48.7 Å². The Balaban J connectivity index is 0.00000289. The van der Waals surface area contributed by atoms with E-state index < -0.39 is 0 Å². The first-order chi connectivity index (χ1) is 16.6. The molecule has 0 radical (unpaired) electrons. The summed E-state index contributed by atoms with van der Waals surface area (Å²) in [6.07, 6.45) is 4.77. The lowest BCUT2D eigenvalue weighted by atomic mass is 9.95. The second-order valence-electron chi connectivity index (χ2n) is 10.5. The smallest absolute Gasteiger partial charge is 0.253 e. The Morgan fingerprint density at radius 3 is 2.31 bits per heavy atom. The highest BCUT2D eigenvalue weighted by molar-refractivity contribution is 5.98. The van der Waals surface area contributed by atoms with E-state index in [0.29, 0.717) is 12.0 Å². The van der Waals surface area contributed by atoms with Crippen molar-refractivity contribution in [1.82, 2.24) is 14.7 Å². The summed E-state index contributed by atoms with van der Waals surface area (Å²) < 4.78 is 0.